The van der Waals surface area contributed by atoms with Crippen LogP contribution in [0.3, 0.4) is 0 Å². The summed E-state index contributed by atoms with van der Waals surface area (Å²) < 4.78 is 0. The maximum atomic E-state index is 12.0. The second-order valence-corrected chi connectivity index (χ2v) is 7.87. The molecule has 0 amide bonds. The van der Waals surface area contributed by atoms with Gasteiger partial charge in [-0.25, -0.2) is 5.10 Å². The van der Waals surface area contributed by atoms with Crippen LogP contribution in [-0.4, -0.2) is 16.2 Å². The first-order valence-electron chi connectivity index (χ1n) is 10.2. The summed E-state index contributed by atoms with van der Waals surface area (Å²) in [7, 11) is 0. The van der Waals surface area contributed by atoms with Crippen LogP contribution >= 0.6 is 0 Å². The van der Waals surface area contributed by atoms with E-state index in [1.165, 1.54) is 48.8 Å². The summed E-state index contributed by atoms with van der Waals surface area (Å²) in [5.74, 6) is 0. The van der Waals surface area contributed by atoms with Gasteiger partial charge in [-0.1, -0.05) is 43.5 Å². The summed E-state index contributed by atoms with van der Waals surface area (Å²) in [6.45, 7) is 0.956. The normalized spacial score (nSPS) is 17.8. The number of benzene rings is 1. The van der Waals surface area contributed by atoms with Gasteiger partial charge >= 0.3 is 0 Å². The largest absolute Gasteiger partial charge is 0.310 e. The van der Waals surface area contributed by atoms with Gasteiger partial charge in [-0.15, -0.1) is 0 Å². The number of nitrogens with one attached hydrogen (secondary N) is 2. The molecule has 0 bridgehead atoms. The van der Waals surface area contributed by atoms with Crippen LogP contribution in [0.15, 0.2) is 29.1 Å². The fraction of sp³-hybridized carbons (Fsp3) is 0.545. The number of nitrogens with zero attached hydrogens (tertiary/aromatic N) is 1. The quantitative estimate of drug-likeness (QED) is 0.864. The summed E-state index contributed by atoms with van der Waals surface area (Å²) in [5.41, 5.74) is 5.83. The Kier molecular flexibility index (Phi) is 5.49. The first kappa shape index (κ1) is 17.5. The molecule has 0 unspecified atom stereocenters. The van der Waals surface area contributed by atoms with Gasteiger partial charge in [-0.05, 0) is 55.2 Å². The Bertz CT molecular complexity index is 788. The van der Waals surface area contributed by atoms with Gasteiger partial charge in [-0.2, -0.15) is 5.10 Å². The molecule has 0 atom stereocenters. The molecule has 0 spiro atoms. The van der Waals surface area contributed by atoms with E-state index in [-0.39, 0.29) is 5.56 Å². The van der Waals surface area contributed by atoms with Crippen LogP contribution in [0, 0.1) is 0 Å². The Balaban J connectivity index is 1.41. The minimum absolute atomic E-state index is 0.00702. The van der Waals surface area contributed by atoms with E-state index < -0.39 is 0 Å². The third-order valence-electron chi connectivity index (χ3n) is 5.98. The van der Waals surface area contributed by atoms with E-state index in [4.69, 9.17) is 0 Å². The highest BCUT2D eigenvalue weighted by Gasteiger charge is 2.18. The SMILES string of the molecule is O=c1[nH]nc(Cc2ccc(CNC3CCCCC3)cc2)c2c1CCCC2. The predicted molar refractivity (Wildman–Crippen MR) is 104 cm³/mol. The lowest BCUT2D eigenvalue weighted by Crippen LogP contribution is -2.30. The Labute approximate surface area is 155 Å². The Morgan fingerprint density at radius 3 is 2.38 bits per heavy atom. The maximum Gasteiger partial charge on any atom is 0.267 e. The Morgan fingerprint density at radius 2 is 1.62 bits per heavy atom. The molecule has 0 radical (unpaired) electrons. The second kappa shape index (κ2) is 8.17. The lowest BCUT2D eigenvalue weighted by Gasteiger charge is -2.23. The van der Waals surface area contributed by atoms with E-state index in [1.807, 2.05) is 0 Å². The summed E-state index contributed by atoms with van der Waals surface area (Å²) >= 11 is 0. The molecule has 1 aromatic carbocycles. The van der Waals surface area contributed by atoms with Crippen molar-refractivity contribution < 1.29 is 0 Å². The molecule has 138 valence electrons. The van der Waals surface area contributed by atoms with Crippen molar-refractivity contribution >= 4 is 0 Å². The maximum absolute atomic E-state index is 12.0. The molecule has 0 aliphatic heterocycles. The Morgan fingerprint density at radius 1 is 0.923 bits per heavy atom. The number of fused-ring (bicyclic) bond motifs is 1. The van der Waals surface area contributed by atoms with Gasteiger partial charge < -0.3 is 5.32 Å². The zero-order valence-electron chi connectivity index (χ0n) is 15.5. The van der Waals surface area contributed by atoms with E-state index in [9.17, 15) is 4.79 Å². The van der Waals surface area contributed by atoms with Gasteiger partial charge in [0.15, 0.2) is 0 Å². The van der Waals surface area contributed by atoms with Crippen molar-refractivity contribution in [3.63, 3.8) is 0 Å². The topological polar surface area (TPSA) is 57.8 Å². The van der Waals surface area contributed by atoms with Gasteiger partial charge in [0, 0.05) is 24.6 Å². The van der Waals surface area contributed by atoms with Crippen molar-refractivity contribution in [2.75, 3.05) is 0 Å². The monoisotopic (exact) mass is 351 g/mol. The number of hydrogen-bond donors (Lipinski definition) is 2. The van der Waals surface area contributed by atoms with Crippen molar-refractivity contribution in [1.29, 1.82) is 0 Å². The first-order chi connectivity index (χ1) is 12.8. The zero-order valence-corrected chi connectivity index (χ0v) is 15.5. The van der Waals surface area contributed by atoms with Crippen molar-refractivity contribution in [3.8, 4) is 0 Å². The molecule has 2 N–H and O–H groups in total. The number of hydrogen-bond acceptors (Lipinski definition) is 3. The first-order valence-corrected chi connectivity index (χ1v) is 10.2. The zero-order chi connectivity index (χ0) is 17.8. The van der Waals surface area contributed by atoms with Crippen LogP contribution in [0.1, 0.15) is 72.9 Å². The third kappa shape index (κ3) is 4.07. The molecule has 1 fully saturated rings. The standard InChI is InChI=1S/C22H29N3O/c26-22-20-9-5-4-8-19(20)21(24-25-22)14-16-10-12-17(13-11-16)15-23-18-6-2-1-3-7-18/h10-13,18,23H,1-9,14-15H2,(H,25,26). The third-order valence-corrected chi connectivity index (χ3v) is 5.98. The van der Waals surface area contributed by atoms with Gasteiger partial charge in [-0.3, -0.25) is 4.79 Å². The minimum Gasteiger partial charge on any atom is -0.310 e. The van der Waals surface area contributed by atoms with Crippen LogP contribution in [0.5, 0.6) is 0 Å². The average Bonchev–Trinajstić information content (AvgIpc) is 2.71. The van der Waals surface area contributed by atoms with E-state index >= 15 is 0 Å². The van der Waals surface area contributed by atoms with Crippen molar-refractivity contribution in [1.82, 2.24) is 15.5 Å². The van der Waals surface area contributed by atoms with Crippen LogP contribution < -0.4 is 10.9 Å². The van der Waals surface area contributed by atoms with Gasteiger partial charge in [0.05, 0.1) is 5.69 Å². The molecule has 4 heteroatoms. The van der Waals surface area contributed by atoms with Crippen molar-refractivity contribution in [2.45, 2.75) is 76.8 Å². The van der Waals surface area contributed by atoms with Crippen LogP contribution in [0.25, 0.3) is 0 Å². The number of rotatable bonds is 5. The molecule has 1 aromatic heterocycles. The van der Waals surface area contributed by atoms with Gasteiger partial charge in [0.1, 0.15) is 0 Å². The summed E-state index contributed by atoms with van der Waals surface area (Å²) in [6.07, 6.45) is 11.7. The molecule has 2 aliphatic rings. The van der Waals surface area contributed by atoms with E-state index in [0.717, 1.165) is 49.9 Å². The lowest BCUT2D eigenvalue weighted by atomic mass is 9.90. The lowest BCUT2D eigenvalue weighted by molar-refractivity contribution is 0.372. The highest BCUT2D eigenvalue weighted by atomic mass is 16.1. The van der Waals surface area contributed by atoms with Gasteiger partial charge in [0.2, 0.25) is 0 Å². The molecule has 4 rings (SSSR count). The number of H-pyrrole nitrogens is 1. The predicted octanol–water partition coefficient (Wildman–Crippen LogP) is 3.66. The van der Waals surface area contributed by atoms with Gasteiger partial charge in [0.25, 0.3) is 5.56 Å². The highest BCUT2D eigenvalue weighted by molar-refractivity contribution is 5.34. The van der Waals surface area contributed by atoms with Crippen LogP contribution in [0.2, 0.25) is 0 Å². The minimum atomic E-state index is 0.00702. The molecular formula is C22H29N3O. The Hall–Kier alpha value is -1.94. The summed E-state index contributed by atoms with van der Waals surface area (Å²) in [4.78, 5) is 12.0. The van der Waals surface area contributed by atoms with E-state index in [0.29, 0.717) is 6.04 Å². The fourth-order valence-electron chi connectivity index (χ4n) is 4.41. The molecule has 2 aliphatic carbocycles. The average molecular weight is 351 g/mol. The number of aromatic nitrogens is 2. The van der Waals surface area contributed by atoms with E-state index in [1.54, 1.807) is 0 Å². The molecular weight excluding hydrogens is 322 g/mol. The summed E-state index contributed by atoms with van der Waals surface area (Å²) in [6, 6.07) is 9.56. The highest BCUT2D eigenvalue weighted by Crippen LogP contribution is 2.22. The fourth-order valence-corrected chi connectivity index (χ4v) is 4.41. The van der Waals surface area contributed by atoms with Crippen LogP contribution in [0.4, 0.5) is 0 Å². The summed E-state index contributed by atoms with van der Waals surface area (Å²) in [5, 5.41) is 10.8. The second-order valence-electron chi connectivity index (χ2n) is 7.87. The molecule has 4 nitrogen and oxygen atoms in total. The van der Waals surface area contributed by atoms with Crippen LogP contribution in [-0.2, 0) is 25.8 Å². The van der Waals surface area contributed by atoms with Crippen molar-refractivity contribution in [2.24, 2.45) is 0 Å². The van der Waals surface area contributed by atoms with Crippen molar-refractivity contribution in [3.05, 3.63) is 62.6 Å². The molecule has 1 saturated carbocycles. The molecule has 0 saturated heterocycles. The smallest absolute Gasteiger partial charge is 0.267 e. The molecule has 26 heavy (non-hydrogen) atoms. The van der Waals surface area contributed by atoms with E-state index in [2.05, 4.69) is 39.8 Å². The molecule has 1 heterocycles. The molecule has 2 aromatic rings. The number of aromatic amines is 1.